The number of hydrogen-bond donors (Lipinski definition) is 2. The van der Waals surface area contributed by atoms with Crippen LogP contribution in [-0.2, 0) is 6.54 Å². The number of pyridine rings is 1. The predicted molar refractivity (Wildman–Crippen MR) is 91.0 cm³/mol. The number of fused-ring (bicyclic) bond motifs is 1. The molecular weight excluding hydrogens is 290 g/mol. The fourth-order valence-corrected chi connectivity index (χ4v) is 2.80. The van der Waals surface area contributed by atoms with Crippen LogP contribution in [0.3, 0.4) is 0 Å². The average molecular weight is 311 g/mol. The van der Waals surface area contributed by atoms with E-state index in [1.165, 1.54) is 0 Å². The van der Waals surface area contributed by atoms with Crippen LogP contribution in [0.4, 0.5) is 11.6 Å². The van der Waals surface area contributed by atoms with Gasteiger partial charge in [-0.3, -0.25) is 0 Å². The first-order valence-electron chi connectivity index (χ1n) is 7.73. The van der Waals surface area contributed by atoms with Crippen LogP contribution < -0.4 is 5.32 Å². The maximum atomic E-state index is 9.11. The lowest BCUT2D eigenvalue weighted by Gasteiger charge is -2.08. The van der Waals surface area contributed by atoms with Gasteiger partial charge in [-0.05, 0) is 44.9 Å². The highest BCUT2D eigenvalue weighted by Crippen LogP contribution is 2.30. The molecule has 0 aromatic carbocycles. The van der Waals surface area contributed by atoms with Crippen LogP contribution in [0.5, 0.6) is 0 Å². The van der Waals surface area contributed by atoms with Gasteiger partial charge in [-0.1, -0.05) is 6.07 Å². The van der Waals surface area contributed by atoms with E-state index in [0.29, 0.717) is 6.42 Å². The number of aliphatic hydroxyl groups is 1. The zero-order valence-corrected chi connectivity index (χ0v) is 13.7. The number of aliphatic hydroxyl groups excluding tert-OH is 1. The first kappa shape index (κ1) is 15.4. The van der Waals surface area contributed by atoms with Crippen LogP contribution in [-0.4, -0.2) is 31.2 Å². The molecule has 0 saturated carbocycles. The number of rotatable bonds is 5. The molecule has 3 rings (SSSR count). The van der Waals surface area contributed by atoms with Gasteiger partial charge in [-0.2, -0.15) is 0 Å². The highest BCUT2D eigenvalue weighted by molar-refractivity contribution is 5.93. The Labute approximate surface area is 135 Å². The Morgan fingerprint density at radius 3 is 2.74 bits per heavy atom. The molecule has 6 nitrogen and oxygen atoms in total. The Morgan fingerprint density at radius 2 is 2.00 bits per heavy atom. The number of anilines is 2. The Hall–Kier alpha value is -2.47. The molecule has 3 aromatic rings. The van der Waals surface area contributed by atoms with Crippen LogP contribution in [0.1, 0.15) is 23.4 Å². The molecule has 0 fully saturated rings. The SMILES string of the molecule is Cc1cccc(Nc2ncnc3c2c(C)c(C)n3CCCO)n1. The second-order valence-electron chi connectivity index (χ2n) is 5.65. The molecule has 0 spiro atoms. The lowest BCUT2D eigenvalue weighted by molar-refractivity contribution is 0.280. The number of nitrogens with zero attached hydrogens (tertiary/aromatic N) is 4. The molecule has 2 N–H and O–H groups in total. The molecule has 6 heteroatoms. The lowest BCUT2D eigenvalue weighted by atomic mass is 10.2. The van der Waals surface area contributed by atoms with Gasteiger partial charge in [0.1, 0.15) is 23.6 Å². The molecule has 120 valence electrons. The van der Waals surface area contributed by atoms with Gasteiger partial charge in [-0.25, -0.2) is 15.0 Å². The fraction of sp³-hybridized carbons (Fsp3) is 0.353. The summed E-state index contributed by atoms with van der Waals surface area (Å²) in [6, 6.07) is 5.85. The summed E-state index contributed by atoms with van der Waals surface area (Å²) >= 11 is 0. The molecule has 0 aliphatic carbocycles. The molecular formula is C17H21N5O. The molecule has 3 heterocycles. The lowest BCUT2D eigenvalue weighted by Crippen LogP contribution is -2.04. The minimum atomic E-state index is 0.168. The van der Waals surface area contributed by atoms with Crippen molar-refractivity contribution in [2.24, 2.45) is 0 Å². The quantitative estimate of drug-likeness (QED) is 0.758. The molecule has 0 bridgehead atoms. The topological polar surface area (TPSA) is 75.9 Å². The van der Waals surface area contributed by atoms with Crippen molar-refractivity contribution in [3.8, 4) is 0 Å². The van der Waals surface area contributed by atoms with Gasteiger partial charge in [0.25, 0.3) is 0 Å². The van der Waals surface area contributed by atoms with Gasteiger partial charge in [0.05, 0.1) is 5.39 Å². The van der Waals surface area contributed by atoms with Gasteiger partial charge in [0.15, 0.2) is 0 Å². The maximum absolute atomic E-state index is 9.11. The number of aryl methyl sites for hydroxylation is 3. The highest BCUT2D eigenvalue weighted by atomic mass is 16.3. The van der Waals surface area contributed by atoms with Gasteiger partial charge >= 0.3 is 0 Å². The van der Waals surface area contributed by atoms with E-state index in [-0.39, 0.29) is 6.61 Å². The fourth-order valence-electron chi connectivity index (χ4n) is 2.80. The molecule has 0 aliphatic rings. The third-order valence-corrected chi connectivity index (χ3v) is 4.08. The standard InChI is InChI=1S/C17H21N5O/c1-11-6-4-7-14(20-11)21-16-15-12(2)13(3)22(8-5-9-23)17(15)19-10-18-16/h4,6-7,10,23H,5,8-9H2,1-3H3,(H,18,19,20,21). The van der Waals surface area contributed by atoms with Crippen LogP contribution in [0, 0.1) is 20.8 Å². The Morgan fingerprint density at radius 1 is 1.17 bits per heavy atom. The second kappa shape index (κ2) is 6.34. The van der Waals surface area contributed by atoms with Crippen molar-refractivity contribution in [3.63, 3.8) is 0 Å². The number of nitrogens with one attached hydrogen (secondary N) is 1. The van der Waals surface area contributed by atoms with Crippen LogP contribution in [0.2, 0.25) is 0 Å². The summed E-state index contributed by atoms with van der Waals surface area (Å²) in [5, 5.41) is 13.4. The predicted octanol–water partition coefficient (Wildman–Crippen LogP) is 2.88. The van der Waals surface area contributed by atoms with E-state index in [9.17, 15) is 0 Å². The second-order valence-corrected chi connectivity index (χ2v) is 5.65. The number of aromatic nitrogens is 4. The van der Waals surface area contributed by atoms with Crippen LogP contribution in [0.25, 0.3) is 11.0 Å². The van der Waals surface area contributed by atoms with Crippen molar-refractivity contribution in [1.82, 2.24) is 19.5 Å². The van der Waals surface area contributed by atoms with Crippen molar-refractivity contribution in [2.75, 3.05) is 11.9 Å². The smallest absolute Gasteiger partial charge is 0.145 e. The molecule has 0 saturated heterocycles. The minimum Gasteiger partial charge on any atom is -0.396 e. The Balaban J connectivity index is 2.08. The Bertz CT molecular complexity index is 840. The van der Waals surface area contributed by atoms with E-state index in [0.717, 1.165) is 46.2 Å². The van der Waals surface area contributed by atoms with E-state index in [1.54, 1.807) is 6.33 Å². The van der Waals surface area contributed by atoms with Crippen molar-refractivity contribution in [2.45, 2.75) is 33.7 Å². The van der Waals surface area contributed by atoms with Crippen molar-refractivity contribution in [3.05, 3.63) is 41.5 Å². The maximum Gasteiger partial charge on any atom is 0.145 e. The van der Waals surface area contributed by atoms with E-state index in [1.807, 2.05) is 25.1 Å². The summed E-state index contributed by atoms with van der Waals surface area (Å²) in [6.45, 7) is 7.02. The zero-order valence-electron chi connectivity index (χ0n) is 13.7. The van der Waals surface area contributed by atoms with Crippen molar-refractivity contribution < 1.29 is 5.11 Å². The average Bonchev–Trinajstić information content (AvgIpc) is 2.78. The summed E-state index contributed by atoms with van der Waals surface area (Å²) in [5.74, 6) is 1.53. The molecule has 3 aromatic heterocycles. The summed E-state index contributed by atoms with van der Waals surface area (Å²) in [7, 11) is 0. The molecule has 23 heavy (non-hydrogen) atoms. The summed E-state index contributed by atoms with van der Waals surface area (Å²) in [5.41, 5.74) is 4.13. The highest BCUT2D eigenvalue weighted by Gasteiger charge is 2.16. The summed E-state index contributed by atoms with van der Waals surface area (Å²) in [6.07, 6.45) is 2.27. The first-order chi connectivity index (χ1) is 11.1. The third kappa shape index (κ3) is 2.90. The van der Waals surface area contributed by atoms with Crippen LogP contribution >= 0.6 is 0 Å². The van der Waals surface area contributed by atoms with Crippen LogP contribution in [0.15, 0.2) is 24.5 Å². The molecule has 0 radical (unpaired) electrons. The van der Waals surface area contributed by atoms with E-state index in [4.69, 9.17) is 5.11 Å². The first-order valence-corrected chi connectivity index (χ1v) is 7.73. The van der Waals surface area contributed by atoms with Crippen molar-refractivity contribution >= 4 is 22.7 Å². The van der Waals surface area contributed by atoms with E-state index >= 15 is 0 Å². The number of hydrogen-bond acceptors (Lipinski definition) is 5. The Kier molecular flexibility index (Phi) is 4.25. The van der Waals surface area contributed by atoms with E-state index in [2.05, 4.69) is 38.7 Å². The zero-order chi connectivity index (χ0) is 16.4. The molecule has 0 atom stereocenters. The van der Waals surface area contributed by atoms with Gasteiger partial charge in [-0.15, -0.1) is 0 Å². The molecule has 0 amide bonds. The monoisotopic (exact) mass is 311 g/mol. The third-order valence-electron chi connectivity index (χ3n) is 4.08. The van der Waals surface area contributed by atoms with Gasteiger partial charge in [0, 0.05) is 24.5 Å². The van der Waals surface area contributed by atoms with Gasteiger partial charge < -0.3 is 15.0 Å². The van der Waals surface area contributed by atoms with E-state index < -0.39 is 0 Å². The van der Waals surface area contributed by atoms with Gasteiger partial charge in [0.2, 0.25) is 0 Å². The largest absolute Gasteiger partial charge is 0.396 e. The summed E-state index contributed by atoms with van der Waals surface area (Å²) in [4.78, 5) is 13.3. The van der Waals surface area contributed by atoms with Crippen molar-refractivity contribution in [1.29, 1.82) is 0 Å². The summed E-state index contributed by atoms with van der Waals surface area (Å²) < 4.78 is 2.14. The molecule has 0 aliphatic heterocycles. The minimum absolute atomic E-state index is 0.168. The molecule has 0 unspecified atom stereocenters. The normalized spacial score (nSPS) is 11.1.